The van der Waals surface area contributed by atoms with Crippen molar-refractivity contribution in [1.29, 1.82) is 0 Å². The van der Waals surface area contributed by atoms with Crippen LogP contribution in [-0.4, -0.2) is 68.6 Å². The molecule has 5 unspecified atom stereocenters. The van der Waals surface area contributed by atoms with E-state index >= 15 is 0 Å². The molecule has 0 radical (unpaired) electrons. The SMILES string of the molecule is CC(C)C(=O)OCc1ccc(OC2OC(C(=O)O)C(O)C(O)C2O)c(NC(C)(C)C)c1. The van der Waals surface area contributed by atoms with Crippen LogP contribution in [0.1, 0.15) is 40.2 Å². The molecule has 0 bridgehead atoms. The first-order valence-corrected chi connectivity index (χ1v) is 9.97. The van der Waals surface area contributed by atoms with Crippen molar-refractivity contribution < 1.29 is 44.2 Å². The molecule has 5 N–H and O–H groups in total. The zero-order valence-electron chi connectivity index (χ0n) is 18.2. The van der Waals surface area contributed by atoms with Crippen LogP contribution in [0.15, 0.2) is 18.2 Å². The number of anilines is 1. The van der Waals surface area contributed by atoms with E-state index in [4.69, 9.17) is 14.2 Å². The lowest BCUT2D eigenvalue weighted by molar-refractivity contribution is -0.271. The fourth-order valence-corrected chi connectivity index (χ4v) is 2.87. The monoisotopic (exact) mass is 441 g/mol. The van der Waals surface area contributed by atoms with Crippen LogP contribution in [0.3, 0.4) is 0 Å². The van der Waals surface area contributed by atoms with Gasteiger partial charge in [0, 0.05) is 5.54 Å². The van der Waals surface area contributed by atoms with Gasteiger partial charge in [0.1, 0.15) is 30.7 Å². The second kappa shape index (κ2) is 9.82. The molecule has 10 nitrogen and oxygen atoms in total. The molecule has 10 heteroatoms. The van der Waals surface area contributed by atoms with Gasteiger partial charge in [0.15, 0.2) is 6.10 Å². The van der Waals surface area contributed by atoms with E-state index in [0.29, 0.717) is 11.3 Å². The zero-order chi connectivity index (χ0) is 23.5. The van der Waals surface area contributed by atoms with Crippen molar-refractivity contribution in [3.8, 4) is 5.75 Å². The van der Waals surface area contributed by atoms with Gasteiger partial charge in [0.2, 0.25) is 6.29 Å². The van der Waals surface area contributed by atoms with Crippen molar-refractivity contribution in [2.45, 2.75) is 77.5 Å². The lowest BCUT2D eigenvalue weighted by atomic mass is 9.99. The highest BCUT2D eigenvalue weighted by Crippen LogP contribution is 2.32. The summed E-state index contributed by atoms with van der Waals surface area (Å²) in [6.45, 7) is 9.25. The Morgan fingerprint density at radius 1 is 1.13 bits per heavy atom. The lowest BCUT2D eigenvalue weighted by Gasteiger charge is -2.38. The molecule has 1 aliphatic rings. The summed E-state index contributed by atoms with van der Waals surface area (Å²) in [6, 6.07) is 4.89. The van der Waals surface area contributed by atoms with Crippen LogP contribution in [0.25, 0.3) is 0 Å². The summed E-state index contributed by atoms with van der Waals surface area (Å²) in [5.74, 6) is -1.88. The third-order valence-corrected chi connectivity index (χ3v) is 4.46. The molecule has 2 rings (SSSR count). The number of carbonyl (C=O) groups excluding carboxylic acids is 1. The summed E-state index contributed by atoms with van der Waals surface area (Å²) < 4.78 is 16.1. The molecule has 1 aromatic carbocycles. The first-order valence-electron chi connectivity index (χ1n) is 9.97. The molecule has 174 valence electrons. The number of aliphatic carboxylic acids is 1. The van der Waals surface area contributed by atoms with Gasteiger partial charge in [-0.1, -0.05) is 19.9 Å². The first-order chi connectivity index (χ1) is 14.3. The van der Waals surface area contributed by atoms with Gasteiger partial charge in [-0.25, -0.2) is 4.79 Å². The summed E-state index contributed by atoms with van der Waals surface area (Å²) >= 11 is 0. The Kier molecular flexibility index (Phi) is 7.87. The maximum atomic E-state index is 11.7. The Morgan fingerprint density at radius 2 is 1.77 bits per heavy atom. The van der Waals surface area contributed by atoms with Crippen LogP contribution >= 0.6 is 0 Å². The second-order valence-corrected chi connectivity index (χ2v) is 8.82. The topological polar surface area (TPSA) is 155 Å². The van der Waals surface area contributed by atoms with Gasteiger partial charge in [-0.15, -0.1) is 0 Å². The summed E-state index contributed by atoms with van der Waals surface area (Å²) in [4.78, 5) is 23.0. The number of rotatable bonds is 7. The standard InChI is InChI=1S/C21H31NO9/c1-10(2)19(28)29-9-11-6-7-13(12(8-11)22-21(3,4)5)30-20-16(25)14(23)15(24)17(31-20)18(26)27/h6-8,10,14-17,20,22-25H,9H2,1-5H3,(H,26,27). The zero-order valence-corrected chi connectivity index (χ0v) is 18.2. The molecule has 31 heavy (non-hydrogen) atoms. The fourth-order valence-electron chi connectivity index (χ4n) is 2.87. The van der Waals surface area contributed by atoms with E-state index in [1.54, 1.807) is 32.0 Å². The van der Waals surface area contributed by atoms with Crippen LogP contribution in [0.5, 0.6) is 5.75 Å². The second-order valence-electron chi connectivity index (χ2n) is 8.82. The predicted molar refractivity (Wildman–Crippen MR) is 109 cm³/mol. The number of nitrogens with one attached hydrogen (secondary N) is 1. The van der Waals surface area contributed by atoms with Crippen molar-refractivity contribution >= 4 is 17.6 Å². The average Bonchev–Trinajstić information content (AvgIpc) is 2.66. The summed E-state index contributed by atoms with van der Waals surface area (Å²) in [5, 5.41) is 42.5. The summed E-state index contributed by atoms with van der Waals surface area (Å²) in [7, 11) is 0. The molecule has 0 spiro atoms. The molecular formula is C21H31NO9. The van der Waals surface area contributed by atoms with Gasteiger partial charge >= 0.3 is 11.9 Å². The highest BCUT2D eigenvalue weighted by atomic mass is 16.7. The Morgan fingerprint density at radius 3 is 2.32 bits per heavy atom. The number of aliphatic hydroxyl groups is 3. The van der Waals surface area contributed by atoms with Crippen LogP contribution in [0.4, 0.5) is 5.69 Å². The minimum Gasteiger partial charge on any atom is -0.479 e. The van der Waals surface area contributed by atoms with Crippen LogP contribution in [0, 0.1) is 5.92 Å². The van der Waals surface area contributed by atoms with Crippen molar-refractivity contribution in [2.75, 3.05) is 5.32 Å². The molecule has 0 aromatic heterocycles. The molecule has 0 saturated carbocycles. The largest absolute Gasteiger partial charge is 0.479 e. The first kappa shape index (κ1) is 24.9. The van der Waals surface area contributed by atoms with Crippen LogP contribution in [0.2, 0.25) is 0 Å². The van der Waals surface area contributed by atoms with Crippen molar-refractivity contribution in [2.24, 2.45) is 5.92 Å². The minimum atomic E-state index is -1.81. The van der Waals surface area contributed by atoms with Crippen LogP contribution < -0.4 is 10.1 Å². The highest BCUT2D eigenvalue weighted by molar-refractivity contribution is 5.73. The van der Waals surface area contributed by atoms with E-state index in [2.05, 4.69) is 5.32 Å². The molecule has 1 heterocycles. The molecule has 1 aliphatic heterocycles. The molecular weight excluding hydrogens is 410 g/mol. The maximum absolute atomic E-state index is 11.7. The number of ether oxygens (including phenoxy) is 3. The molecule has 1 fully saturated rings. The normalized spacial score (nSPS) is 26.4. The Hall–Kier alpha value is -2.40. The quantitative estimate of drug-likeness (QED) is 0.385. The minimum absolute atomic E-state index is 0.0463. The Labute approximate surface area is 180 Å². The maximum Gasteiger partial charge on any atom is 0.335 e. The molecule has 0 amide bonds. The van der Waals surface area contributed by atoms with E-state index in [9.17, 15) is 30.0 Å². The molecule has 5 atom stereocenters. The number of aliphatic hydroxyl groups excluding tert-OH is 3. The van der Waals surface area contributed by atoms with Gasteiger partial charge in [-0.3, -0.25) is 4.79 Å². The van der Waals surface area contributed by atoms with Gasteiger partial charge in [-0.2, -0.15) is 0 Å². The predicted octanol–water partition coefficient (Wildman–Crippen LogP) is 0.867. The number of esters is 1. The number of benzene rings is 1. The lowest BCUT2D eigenvalue weighted by Crippen LogP contribution is -2.61. The van der Waals surface area contributed by atoms with E-state index < -0.39 is 42.2 Å². The number of carbonyl (C=O) groups is 2. The van der Waals surface area contributed by atoms with Gasteiger partial charge in [0.05, 0.1) is 11.6 Å². The Balaban J connectivity index is 2.27. The van der Waals surface area contributed by atoms with Gasteiger partial charge in [-0.05, 0) is 38.5 Å². The third-order valence-electron chi connectivity index (χ3n) is 4.46. The molecule has 1 saturated heterocycles. The van der Waals surface area contributed by atoms with E-state index in [1.165, 1.54) is 0 Å². The van der Waals surface area contributed by atoms with Gasteiger partial charge in [0.25, 0.3) is 0 Å². The summed E-state index contributed by atoms with van der Waals surface area (Å²) in [6.07, 6.45) is -8.56. The smallest absolute Gasteiger partial charge is 0.335 e. The van der Waals surface area contributed by atoms with Crippen molar-refractivity contribution in [3.05, 3.63) is 23.8 Å². The number of carboxylic acid groups (broad SMARTS) is 1. The van der Waals surface area contributed by atoms with Crippen LogP contribution in [-0.2, 0) is 25.7 Å². The molecule has 0 aliphatic carbocycles. The highest BCUT2D eigenvalue weighted by Gasteiger charge is 2.48. The summed E-state index contributed by atoms with van der Waals surface area (Å²) in [5.41, 5.74) is 0.766. The fraction of sp³-hybridized carbons (Fsp3) is 0.619. The van der Waals surface area contributed by atoms with Gasteiger partial charge < -0.3 is 40.0 Å². The van der Waals surface area contributed by atoms with E-state index in [0.717, 1.165) is 0 Å². The van der Waals surface area contributed by atoms with Crippen molar-refractivity contribution in [3.63, 3.8) is 0 Å². The molecule has 1 aromatic rings. The number of carboxylic acids is 1. The average molecular weight is 441 g/mol. The number of hydrogen-bond acceptors (Lipinski definition) is 9. The Bertz CT molecular complexity index is 790. The van der Waals surface area contributed by atoms with E-state index in [1.807, 2.05) is 20.8 Å². The van der Waals surface area contributed by atoms with Crippen molar-refractivity contribution in [1.82, 2.24) is 0 Å². The third kappa shape index (κ3) is 6.54. The number of hydrogen-bond donors (Lipinski definition) is 5. The van der Waals surface area contributed by atoms with E-state index in [-0.39, 0.29) is 24.2 Å².